The molecule has 230 valence electrons. The summed E-state index contributed by atoms with van der Waals surface area (Å²) in [5, 5.41) is 2.63. The van der Waals surface area contributed by atoms with E-state index in [2.05, 4.69) is 13.0 Å². The number of carbonyl (C=O) groups is 3. The molecular formula is C36H45ClN2O4. The number of amides is 4. The Balaban J connectivity index is 1.56. The number of ether oxygens (including phenoxy) is 1. The Morgan fingerprint density at radius 1 is 0.744 bits per heavy atom. The maximum atomic E-state index is 14.6. The lowest BCUT2D eigenvalue weighted by Gasteiger charge is -2.43. The first-order valence-electron chi connectivity index (χ1n) is 16.8. The van der Waals surface area contributed by atoms with E-state index in [1.807, 2.05) is 24.3 Å². The molecule has 1 aliphatic heterocycles. The molecule has 4 fully saturated rings. The van der Waals surface area contributed by atoms with Crippen molar-refractivity contribution in [2.24, 2.45) is 0 Å². The van der Waals surface area contributed by atoms with Crippen molar-refractivity contribution in [1.29, 1.82) is 0 Å². The first-order valence-corrected chi connectivity index (χ1v) is 17.2. The fourth-order valence-corrected chi connectivity index (χ4v) is 7.93. The number of imide groups is 2. The van der Waals surface area contributed by atoms with Gasteiger partial charge in [0.05, 0.1) is 6.10 Å². The van der Waals surface area contributed by atoms with E-state index in [0.29, 0.717) is 10.8 Å². The van der Waals surface area contributed by atoms with Gasteiger partial charge < -0.3 is 4.74 Å². The first-order chi connectivity index (χ1) is 21.0. The van der Waals surface area contributed by atoms with Crippen LogP contribution in [0.2, 0.25) is 5.02 Å². The Kier molecular flexibility index (Phi) is 9.42. The Labute approximate surface area is 260 Å². The second-order valence-corrected chi connectivity index (χ2v) is 13.5. The average Bonchev–Trinajstić information content (AvgIpc) is 3.02. The molecule has 0 bridgehead atoms. The number of nitrogens with zero attached hydrogens (tertiary/aromatic N) is 2. The maximum absolute atomic E-state index is 14.6. The highest BCUT2D eigenvalue weighted by Crippen LogP contribution is 2.39. The Hall–Kier alpha value is -2.86. The number of hydrogen-bond acceptors (Lipinski definition) is 4. The zero-order valence-electron chi connectivity index (χ0n) is 25.5. The summed E-state index contributed by atoms with van der Waals surface area (Å²) in [7, 11) is 0. The van der Waals surface area contributed by atoms with Gasteiger partial charge in [0.15, 0.2) is 0 Å². The van der Waals surface area contributed by atoms with E-state index < -0.39 is 17.8 Å². The van der Waals surface area contributed by atoms with Crippen LogP contribution in [0.15, 0.2) is 35.9 Å². The molecule has 3 saturated carbocycles. The smallest absolute Gasteiger partial charge is 0.334 e. The standard InChI is InChI=1S/C36H45ClN2O4/c1-2-12-25-21-24-19-20-27(37)22-26(24)23-31(25)33(43-30-17-10-5-11-18-30)32-34(40)38(28-13-6-3-7-14-28)36(42)39(35(32)41)29-15-8-4-9-16-29/h19-23,28-30H,2-18H2,1H3. The van der Waals surface area contributed by atoms with Crippen LogP contribution in [0.4, 0.5) is 4.79 Å². The van der Waals surface area contributed by atoms with E-state index in [0.717, 1.165) is 125 Å². The zero-order valence-corrected chi connectivity index (χ0v) is 26.3. The molecule has 1 heterocycles. The van der Waals surface area contributed by atoms with Crippen molar-refractivity contribution in [1.82, 2.24) is 9.80 Å². The van der Waals surface area contributed by atoms with Gasteiger partial charge in [-0.2, -0.15) is 0 Å². The molecule has 1 saturated heterocycles. The van der Waals surface area contributed by atoms with Gasteiger partial charge in [0.1, 0.15) is 11.3 Å². The third kappa shape index (κ3) is 6.22. The van der Waals surface area contributed by atoms with Crippen LogP contribution in [0.1, 0.15) is 121 Å². The van der Waals surface area contributed by atoms with Crippen molar-refractivity contribution < 1.29 is 19.1 Å². The van der Waals surface area contributed by atoms with Gasteiger partial charge in [-0.15, -0.1) is 0 Å². The number of carbonyl (C=O) groups excluding carboxylic acids is 3. The van der Waals surface area contributed by atoms with Gasteiger partial charge in [0.2, 0.25) is 0 Å². The van der Waals surface area contributed by atoms with Gasteiger partial charge in [-0.1, -0.05) is 82.0 Å². The summed E-state index contributed by atoms with van der Waals surface area (Å²) < 4.78 is 6.87. The maximum Gasteiger partial charge on any atom is 0.334 e. The lowest BCUT2D eigenvalue weighted by molar-refractivity contribution is -0.139. The molecule has 0 atom stereocenters. The van der Waals surface area contributed by atoms with Crippen molar-refractivity contribution in [2.45, 2.75) is 134 Å². The fraction of sp³-hybridized carbons (Fsp3) is 0.583. The van der Waals surface area contributed by atoms with E-state index in [1.54, 1.807) is 0 Å². The molecule has 0 aromatic heterocycles. The molecule has 43 heavy (non-hydrogen) atoms. The summed E-state index contributed by atoms with van der Waals surface area (Å²) in [5.74, 6) is -0.594. The van der Waals surface area contributed by atoms with Crippen LogP contribution in [-0.2, 0) is 20.7 Å². The highest BCUT2D eigenvalue weighted by Gasteiger charge is 2.50. The molecular weight excluding hydrogens is 560 g/mol. The average molecular weight is 605 g/mol. The van der Waals surface area contributed by atoms with Gasteiger partial charge >= 0.3 is 6.03 Å². The van der Waals surface area contributed by atoms with E-state index in [4.69, 9.17) is 16.3 Å². The van der Waals surface area contributed by atoms with Crippen LogP contribution < -0.4 is 0 Å². The molecule has 3 aliphatic carbocycles. The third-order valence-corrected chi connectivity index (χ3v) is 10.2. The van der Waals surface area contributed by atoms with Gasteiger partial charge in [0, 0.05) is 22.7 Å². The summed E-state index contributed by atoms with van der Waals surface area (Å²) in [6.45, 7) is 2.13. The van der Waals surface area contributed by atoms with Crippen LogP contribution >= 0.6 is 11.6 Å². The number of aryl methyl sites for hydroxylation is 1. The predicted octanol–water partition coefficient (Wildman–Crippen LogP) is 8.96. The normalized spacial score (nSPS) is 21.6. The number of benzene rings is 2. The Morgan fingerprint density at radius 2 is 1.30 bits per heavy atom. The van der Waals surface area contributed by atoms with E-state index in [-0.39, 0.29) is 23.8 Å². The lowest BCUT2D eigenvalue weighted by atomic mass is 9.89. The summed E-state index contributed by atoms with van der Waals surface area (Å²) in [5.41, 5.74) is 1.86. The summed E-state index contributed by atoms with van der Waals surface area (Å²) in [6.07, 6.45) is 15.9. The van der Waals surface area contributed by atoms with Gasteiger partial charge in [-0.3, -0.25) is 19.4 Å². The third-order valence-electron chi connectivity index (χ3n) is 10.0. The molecule has 6 nitrogen and oxygen atoms in total. The minimum atomic E-state index is -0.478. The van der Waals surface area contributed by atoms with E-state index in [1.165, 1.54) is 16.2 Å². The summed E-state index contributed by atoms with van der Waals surface area (Å²) in [4.78, 5) is 46.3. The van der Waals surface area contributed by atoms with E-state index >= 15 is 0 Å². The van der Waals surface area contributed by atoms with Crippen molar-refractivity contribution in [3.8, 4) is 0 Å². The molecule has 0 N–H and O–H groups in total. The van der Waals surface area contributed by atoms with Crippen LogP contribution in [-0.4, -0.2) is 45.8 Å². The minimum absolute atomic E-state index is 0.0417. The van der Waals surface area contributed by atoms with Crippen LogP contribution in [0.25, 0.3) is 16.5 Å². The molecule has 4 aliphatic rings. The molecule has 7 heteroatoms. The first kappa shape index (κ1) is 30.2. The Morgan fingerprint density at radius 3 is 1.86 bits per heavy atom. The number of fused-ring (bicyclic) bond motifs is 1. The summed E-state index contributed by atoms with van der Waals surface area (Å²) >= 11 is 6.43. The largest absolute Gasteiger partial charge is 0.489 e. The number of halogens is 1. The van der Waals surface area contributed by atoms with Crippen LogP contribution in [0.5, 0.6) is 0 Å². The molecule has 6 rings (SSSR count). The van der Waals surface area contributed by atoms with Crippen molar-refractivity contribution in [2.75, 3.05) is 0 Å². The quantitative estimate of drug-likeness (QED) is 0.180. The number of urea groups is 1. The molecule has 0 spiro atoms. The lowest BCUT2D eigenvalue weighted by Crippen LogP contribution is -2.62. The minimum Gasteiger partial charge on any atom is -0.489 e. The van der Waals surface area contributed by atoms with Gasteiger partial charge in [-0.25, -0.2) is 4.79 Å². The van der Waals surface area contributed by atoms with Gasteiger partial charge in [-0.05, 0) is 92.3 Å². The SMILES string of the molecule is CCCc1cc2ccc(Cl)cc2cc1C(OC1CCCCC1)=C1C(=O)N(C2CCCCC2)C(=O)N(C2CCCCC2)C1=O. The van der Waals surface area contributed by atoms with Crippen molar-refractivity contribution >= 4 is 46.0 Å². The molecule has 0 unspecified atom stereocenters. The second kappa shape index (κ2) is 13.4. The molecule has 0 radical (unpaired) electrons. The fourth-order valence-electron chi connectivity index (χ4n) is 7.75. The number of barbiturate groups is 1. The van der Waals surface area contributed by atoms with Crippen LogP contribution in [0.3, 0.4) is 0 Å². The number of rotatable bonds is 7. The zero-order chi connectivity index (χ0) is 29.9. The predicted molar refractivity (Wildman–Crippen MR) is 171 cm³/mol. The topological polar surface area (TPSA) is 66.9 Å². The van der Waals surface area contributed by atoms with Crippen LogP contribution in [0, 0.1) is 0 Å². The second-order valence-electron chi connectivity index (χ2n) is 13.0. The monoisotopic (exact) mass is 604 g/mol. The molecule has 2 aromatic rings. The van der Waals surface area contributed by atoms with Crippen molar-refractivity contribution in [3.05, 3.63) is 52.1 Å². The Bertz CT molecular complexity index is 1360. The summed E-state index contributed by atoms with van der Waals surface area (Å²) in [6, 6.07) is 9.22. The van der Waals surface area contributed by atoms with Crippen molar-refractivity contribution in [3.63, 3.8) is 0 Å². The van der Waals surface area contributed by atoms with Gasteiger partial charge in [0.25, 0.3) is 11.8 Å². The highest BCUT2D eigenvalue weighted by molar-refractivity contribution is 6.32. The molecule has 4 amide bonds. The highest BCUT2D eigenvalue weighted by atomic mass is 35.5. The van der Waals surface area contributed by atoms with E-state index in [9.17, 15) is 14.4 Å². The molecule has 2 aromatic carbocycles. The number of hydrogen-bond donors (Lipinski definition) is 0.